The van der Waals surface area contributed by atoms with Gasteiger partial charge in [0.2, 0.25) is 11.8 Å². The summed E-state index contributed by atoms with van der Waals surface area (Å²) in [5.41, 5.74) is 1.84. The molecule has 1 aliphatic heterocycles. The van der Waals surface area contributed by atoms with Crippen LogP contribution >= 0.6 is 23.1 Å². The lowest BCUT2D eigenvalue weighted by Gasteiger charge is -2.31. The summed E-state index contributed by atoms with van der Waals surface area (Å²) in [6.45, 7) is 3.67. The summed E-state index contributed by atoms with van der Waals surface area (Å²) in [5.74, 6) is 0.548. The van der Waals surface area contributed by atoms with Gasteiger partial charge in [-0.1, -0.05) is 17.8 Å². The van der Waals surface area contributed by atoms with Gasteiger partial charge in [-0.3, -0.25) is 14.6 Å². The molecule has 2 aromatic rings. The van der Waals surface area contributed by atoms with Crippen LogP contribution in [0.4, 0.5) is 0 Å². The van der Waals surface area contributed by atoms with Crippen molar-refractivity contribution in [3.8, 4) is 0 Å². The minimum absolute atomic E-state index is 0.0305. The average molecular weight is 391 g/mol. The molecule has 0 saturated carbocycles. The van der Waals surface area contributed by atoms with Gasteiger partial charge in [0.15, 0.2) is 4.34 Å². The first kappa shape index (κ1) is 18.8. The Kier molecular flexibility index (Phi) is 6.62. The van der Waals surface area contributed by atoms with Gasteiger partial charge in [-0.05, 0) is 31.9 Å². The number of likely N-dealkylation sites (tertiary alicyclic amines) is 1. The molecule has 1 aliphatic rings. The Bertz CT molecular complexity index is 743. The Balaban J connectivity index is 1.39. The van der Waals surface area contributed by atoms with Crippen LogP contribution in [0.5, 0.6) is 0 Å². The minimum Gasteiger partial charge on any atom is -0.350 e. The molecule has 0 unspecified atom stereocenters. The van der Waals surface area contributed by atoms with Crippen molar-refractivity contribution in [2.45, 2.75) is 30.6 Å². The van der Waals surface area contributed by atoms with E-state index in [1.54, 1.807) is 17.5 Å². The molecule has 1 N–H and O–H groups in total. The van der Waals surface area contributed by atoms with Crippen LogP contribution in [-0.4, -0.2) is 45.5 Å². The fraction of sp³-hybridized carbons (Fsp3) is 0.444. The zero-order chi connectivity index (χ0) is 18.4. The highest BCUT2D eigenvalue weighted by Gasteiger charge is 2.27. The molecule has 3 rings (SSSR count). The number of hydrogen-bond donors (Lipinski definition) is 1. The number of nitrogens with zero attached hydrogens (tertiary/aromatic N) is 3. The molecular formula is C18H22N4O2S2. The highest BCUT2D eigenvalue weighted by molar-refractivity contribution is 8.01. The average Bonchev–Trinajstić information content (AvgIpc) is 3.10. The Morgan fingerprint density at radius 1 is 1.35 bits per heavy atom. The third-order valence-electron chi connectivity index (χ3n) is 4.31. The number of hydrogen-bond acceptors (Lipinski definition) is 6. The molecule has 3 heterocycles. The van der Waals surface area contributed by atoms with Crippen LogP contribution in [0.1, 0.15) is 24.2 Å². The molecule has 8 heteroatoms. The second kappa shape index (κ2) is 9.14. The molecular weight excluding hydrogens is 368 g/mol. The lowest BCUT2D eigenvalue weighted by atomic mass is 9.96. The summed E-state index contributed by atoms with van der Waals surface area (Å²) in [6, 6.07) is 5.65. The smallest absolute Gasteiger partial charge is 0.233 e. The van der Waals surface area contributed by atoms with Gasteiger partial charge in [0, 0.05) is 36.3 Å². The van der Waals surface area contributed by atoms with E-state index in [-0.39, 0.29) is 17.7 Å². The molecule has 6 nitrogen and oxygen atoms in total. The number of nitrogens with one attached hydrogen (secondary N) is 1. The van der Waals surface area contributed by atoms with Crippen LogP contribution < -0.4 is 5.32 Å². The molecule has 0 radical (unpaired) electrons. The summed E-state index contributed by atoms with van der Waals surface area (Å²) in [7, 11) is 0. The first-order chi connectivity index (χ1) is 12.6. The number of carbonyl (C=O) groups excluding carboxylic acids is 2. The highest BCUT2D eigenvalue weighted by atomic mass is 32.2. The Hall–Kier alpha value is -1.93. The predicted molar refractivity (Wildman–Crippen MR) is 103 cm³/mol. The minimum atomic E-state index is -0.0305. The SMILES string of the molecule is Cc1csc(SCC(=O)N2CCC(C(=O)NCc3ccccn3)CC2)n1. The van der Waals surface area contributed by atoms with Gasteiger partial charge in [-0.2, -0.15) is 0 Å². The molecule has 0 atom stereocenters. The number of amides is 2. The van der Waals surface area contributed by atoms with Crippen LogP contribution in [-0.2, 0) is 16.1 Å². The summed E-state index contributed by atoms with van der Waals surface area (Å²) in [6.07, 6.45) is 3.14. The zero-order valence-corrected chi connectivity index (χ0v) is 16.3. The van der Waals surface area contributed by atoms with Crippen LogP contribution in [0.2, 0.25) is 0 Å². The van der Waals surface area contributed by atoms with E-state index in [4.69, 9.17) is 0 Å². The van der Waals surface area contributed by atoms with Crippen LogP contribution in [0.25, 0.3) is 0 Å². The van der Waals surface area contributed by atoms with Crippen molar-refractivity contribution in [3.05, 3.63) is 41.2 Å². The standard InChI is InChI=1S/C18H22N4O2S2/c1-13-11-25-18(21-13)26-12-16(23)22-8-5-14(6-9-22)17(24)20-10-15-4-2-3-7-19-15/h2-4,7,11,14H,5-6,8-10,12H2,1H3,(H,20,24). The second-order valence-corrected chi connectivity index (χ2v) is 8.32. The fourth-order valence-corrected chi connectivity index (χ4v) is 4.58. The van der Waals surface area contributed by atoms with E-state index in [1.165, 1.54) is 11.8 Å². The largest absolute Gasteiger partial charge is 0.350 e. The first-order valence-electron chi connectivity index (χ1n) is 8.62. The highest BCUT2D eigenvalue weighted by Crippen LogP contribution is 2.24. The maximum Gasteiger partial charge on any atom is 0.233 e. The van der Waals surface area contributed by atoms with Gasteiger partial charge < -0.3 is 10.2 Å². The third-order valence-corrected chi connectivity index (χ3v) is 6.43. The van der Waals surface area contributed by atoms with E-state index < -0.39 is 0 Å². The molecule has 1 fully saturated rings. The summed E-state index contributed by atoms with van der Waals surface area (Å²) < 4.78 is 0.930. The lowest BCUT2D eigenvalue weighted by molar-refractivity contribution is -0.133. The van der Waals surface area contributed by atoms with Crippen molar-refractivity contribution >= 4 is 34.9 Å². The molecule has 138 valence electrons. The van der Waals surface area contributed by atoms with Gasteiger partial charge in [0.05, 0.1) is 18.0 Å². The quantitative estimate of drug-likeness (QED) is 0.767. The Morgan fingerprint density at radius 3 is 2.81 bits per heavy atom. The Morgan fingerprint density at radius 2 is 2.15 bits per heavy atom. The van der Waals surface area contributed by atoms with Crippen molar-refractivity contribution in [1.82, 2.24) is 20.2 Å². The topological polar surface area (TPSA) is 75.2 Å². The molecule has 0 aromatic carbocycles. The fourth-order valence-electron chi connectivity index (χ4n) is 2.83. The molecule has 0 bridgehead atoms. The number of rotatable bonds is 6. The van der Waals surface area contributed by atoms with E-state index in [0.29, 0.717) is 38.2 Å². The molecule has 26 heavy (non-hydrogen) atoms. The number of thioether (sulfide) groups is 1. The monoisotopic (exact) mass is 390 g/mol. The predicted octanol–water partition coefficient (Wildman–Crippen LogP) is 2.49. The maximum atomic E-state index is 12.3. The number of piperidine rings is 1. The number of thiazole rings is 1. The third kappa shape index (κ3) is 5.28. The van der Waals surface area contributed by atoms with E-state index in [2.05, 4.69) is 15.3 Å². The Labute approximate surface area is 161 Å². The van der Waals surface area contributed by atoms with Crippen LogP contribution in [0.15, 0.2) is 34.1 Å². The van der Waals surface area contributed by atoms with E-state index in [0.717, 1.165) is 15.7 Å². The van der Waals surface area contributed by atoms with E-state index in [9.17, 15) is 9.59 Å². The van der Waals surface area contributed by atoms with Crippen molar-refractivity contribution in [3.63, 3.8) is 0 Å². The van der Waals surface area contributed by atoms with Crippen molar-refractivity contribution < 1.29 is 9.59 Å². The van der Waals surface area contributed by atoms with Crippen LogP contribution in [0.3, 0.4) is 0 Å². The summed E-state index contributed by atoms with van der Waals surface area (Å²) >= 11 is 3.06. The molecule has 0 spiro atoms. The number of pyridine rings is 1. The van der Waals surface area contributed by atoms with E-state index >= 15 is 0 Å². The first-order valence-corrected chi connectivity index (χ1v) is 10.5. The van der Waals surface area contributed by atoms with Crippen LogP contribution in [0, 0.1) is 12.8 Å². The summed E-state index contributed by atoms with van der Waals surface area (Å²) in [5, 5.41) is 4.93. The second-order valence-electron chi connectivity index (χ2n) is 6.24. The van der Waals surface area contributed by atoms with Crippen molar-refractivity contribution in [2.24, 2.45) is 5.92 Å². The van der Waals surface area contributed by atoms with Gasteiger partial charge in [-0.25, -0.2) is 4.98 Å². The number of carbonyl (C=O) groups is 2. The van der Waals surface area contributed by atoms with Crippen molar-refractivity contribution in [1.29, 1.82) is 0 Å². The zero-order valence-electron chi connectivity index (χ0n) is 14.7. The number of aryl methyl sites for hydroxylation is 1. The van der Waals surface area contributed by atoms with Gasteiger partial charge in [0.1, 0.15) is 0 Å². The normalized spacial score (nSPS) is 15.0. The molecule has 0 aliphatic carbocycles. The van der Waals surface area contributed by atoms with Gasteiger partial charge in [0.25, 0.3) is 0 Å². The van der Waals surface area contributed by atoms with E-state index in [1.807, 2.05) is 35.4 Å². The van der Waals surface area contributed by atoms with Gasteiger partial charge >= 0.3 is 0 Å². The maximum absolute atomic E-state index is 12.3. The number of aromatic nitrogens is 2. The molecule has 2 aromatic heterocycles. The van der Waals surface area contributed by atoms with Crippen molar-refractivity contribution in [2.75, 3.05) is 18.8 Å². The van der Waals surface area contributed by atoms with Gasteiger partial charge in [-0.15, -0.1) is 11.3 Å². The molecule has 2 amide bonds. The molecule has 1 saturated heterocycles. The lowest BCUT2D eigenvalue weighted by Crippen LogP contribution is -2.43. The summed E-state index contributed by atoms with van der Waals surface area (Å²) in [4.78, 5) is 35.1.